The number of halogens is 1. The Balaban J connectivity index is 1.37. The molecule has 0 aliphatic rings. The van der Waals surface area contributed by atoms with Gasteiger partial charge in [-0.05, 0) is 61.5 Å². The third kappa shape index (κ3) is 5.76. The molecule has 7 nitrogen and oxygen atoms in total. The van der Waals surface area contributed by atoms with Crippen molar-refractivity contribution >= 4 is 16.8 Å². The van der Waals surface area contributed by atoms with Gasteiger partial charge in [0.25, 0.3) is 0 Å². The Hall–Kier alpha value is -4.46. The zero-order valence-corrected chi connectivity index (χ0v) is 23.8. The molecule has 0 saturated heterocycles. The summed E-state index contributed by atoms with van der Waals surface area (Å²) in [5.74, 6) is 0.599. The molecule has 8 heteroatoms. The van der Waals surface area contributed by atoms with Gasteiger partial charge in [-0.15, -0.1) is 0 Å². The fourth-order valence-corrected chi connectivity index (χ4v) is 4.56. The van der Waals surface area contributed by atoms with E-state index < -0.39 is 5.82 Å². The number of ether oxygens (including phenoxy) is 1. The number of benzene rings is 3. The van der Waals surface area contributed by atoms with Gasteiger partial charge in [-0.1, -0.05) is 38.5 Å². The highest BCUT2D eigenvalue weighted by Gasteiger charge is 2.23. The van der Waals surface area contributed by atoms with Crippen molar-refractivity contribution in [3.8, 4) is 17.2 Å². The van der Waals surface area contributed by atoms with Gasteiger partial charge >= 0.3 is 0 Å². The molecule has 1 amide bonds. The van der Waals surface area contributed by atoms with E-state index in [0.29, 0.717) is 17.1 Å². The number of aryl methyl sites for hydroxylation is 2. The van der Waals surface area contributed by atoms with E-state index in [9.17, 15) is 9.18 Å². The Morgan fingerprint density at radius 1 is 1.02 bits per heavy atom. The third-order valence-electron chi connectivity index (χ3n) is 6.96. The summed E-state index contributed by atoms with van der Waals surface area (Å²) in [7, 11) is 3.60. The molecule has 0 saturated carbocycles. The van der Waals surface area contributed by atoms with E-state index in [4.69, 9.17) is 9.84 Å². The second-order valence-corrected chi connectivity index (χ2v) is 11.3. The molecule has 0 atom stereocenters. The summed E-state index contributed by atoms with van der Waals surface area (Å²) in [6.45, 7) is 8.53. The van der Waals surface area contributed by atoms with Crippen LogP contribution in [-0.4, -0.2) is 37.4 Å². The number of nitrogens with zero attached hydrogens (tertiary/aromatic N) is 5. The zero-order chi connectivity index (χ0) is 28.6. The lowest BCUT2D eigenvalue weighted by Crippen LogP contribution is -2.28. The minimum Gasteiger partial charge on any atom is -0.457 e. The van der Waals surface area contributed by atoms with Crippen LogP contribution in [0.15, 0.2) is 72.9 Å². The lowest BCUT2D eigenvalue weighted by molar-refractivity contribution is -0.129. The van der Waals surface area contributed by atoms with Gasteiger partial charge in [0.15, 0.2) is 0 Å². The van der Waals surface area contributed by atoms with E-state index in [1.807, 2.05) is 67.2 Å². The maximum atomic E-state index is 14.3. The first-order valence-electron chi connectivity index (χ1n) is 13.3. The van der Waals surface area contributed by atoms with Crippen molar-refractivity contribution in [3.63, 3.8) is 0 Å². The molecule has 0 fully saturated rings. The van der Waals surface area contributed by atoms with Gasteiger partial charge in [-0.25, -0.2) is 9.07 Å². The Kier molecular flexibility index (Phi) is 7.19. The summed E-state index contributed by atoms with van der Waals surface area (Å²) in [5, 5.41) is 10.1. The van der Waals surface area contributed by atoms with Crippen LogP contribution in [0.4, 0.5) is 4.39 Å². The molecule has 0 N–H and O–H groups in total. The van der Waals surface area contributed by atoms with Crippen molar-refractivity contribution < 1.29 is 13.9 Å². The normalized spacial score (nSPS) is 11.7. The zero-order valence-electron chi connectivity index (χ0n) is 23.8. The summed E-state index contributed by atoms with van der Waals surface area (Å²) in [5.41, 5.74) is 5.14. The van der Waals surface area contributed by atoms with E-state index in [2.05, 4.69) is 25.9 Å². The molecule has 0 bridgehead atoms. The van der Waals surface area contributed by atoms with Crippen LogP contribution < -0.4 is 4.74 Å². The monoisotopic (exact) mass is 539 g/mol. The van der Waals surface area contributed by atoms with Crippen LogP contribution in [-0.2, 0) is 30.2 Å². The Morgan fingerprint density at radius 2 is 1.77 bits per heavy atom. The van der Waals surface area contributed by atoms with Crippen molar-refractivity contribution in [1.29, 1.82) is 0 Å². The Morgan fingerprint density at radius 3 is 2.50 bits per heavy atom. The van der Waals surface area contributed by atoms with Gasteiger partial charge in [0, 0.05) is 37.0 Å². The molecule has 2 heterocycles. The lowest BCUT2D eigenvalue weighted by atomic mass is 9.92. The van der Waals surface area contributed by atoms with E-state index in [0.717, 1.165) is 33.5 Å². The van der Waals surface area contributed by atoms with Gasteiger partial charge in [-0.2, -0.15) is 10.2 Å². The highest BCUT2D eigenvalue weighted by molar-refractivity contribution is 5.80. The van der Waals surface area contributed by atoms with E-state index in [1.165, 1.54) is 12.1 Å². The molecular formula is C32H34FN5O2. The second kappa shape index (κ2) is 10.6. The highest BCUT2D eigenvalue weighted by atomic mass is 19.1. The molecule has 0 radical (unpaired) electrons. The third-order valence-corrected chi connectivity index (χ3v) is 6.96. The largest absolute Gasteiger partial charge is 0.457 e. The van der Waals surface area contributed by atoms with Crippen LogP contribution in [0.5, 0.6) is 11.5 Å². The number of amides is 1. The minimum absolute atomic E-state index is 0.110. The van der Waals surface area contributed by atoms with Crippen molar-refractivity contribution in [2.45, 2.75) is 46.1 Å². The van der Waals surface area contributed by atoms with Crippen molar-refractivity contribution in [1.82, 2.24) is 24.5 Å². The van der Waals surface area contributed by atoms with Crippen LogP contribution in [0.25, 0.3) is 16.6 Å². The standard InChI is InChI=1S/C32H34FN5O2/c1-21-7-10-25(11-8-21)38-26(17-30(35-38)32(2,3)4)18-31(39)36(5)20-23-15-24(33)9-14-29(23)40-27-12-13-28-22(16-27)19-34-37(28)6/h7-17,19H,18,20H2,1-6H3. The van der Waals surface area contributed by atoms with Gasteiger partial charge in [0.2, 0.25) is 5.91 Å². The van der Waals surface area contributed by atoms with Crippen molar-refractivity contribution in [2.24, 2.45) is 7.05 Å². The van der Waals surface area contributed by atoms with Crippen LogP contribution in [0, 0.1) is 12.7 Å². The smallest absolute Gasteiger partial charge is 0.228 e. The fraction of sp³-hybridized carbons (Fsp3) is 0.281. The number of hydrogen-bond donors (Lipinski definition) is 0. The quantitative estimate of drug-likeness (QED) is 0.237. The van der Waals surface area contributed by atoms with Crippen LogP contribution >= 0.6 is 0 Å². The number of rotatable bonds is 7. The highest BCUT2D eigenvalue weighted by Crippen LogP contribution is 2.30. The predicted octanol–water partition coefficient (Wildman–Crippen LogP) is 6.50. The number of aromatic nitrogens is 4. The maximum absolute atomic E-state index is 14.3. The average Bonchev–Trinajstić information content (AvgIpc) is 3.49. The van der Waals surface area contributed by atoms with Gasteiger partial charge in [-0.3, -0.25) is 9.48 Å². The Bertz CT molecular complexity index is 1680. The molecule has 0 aliphatic heterocycles. The summed E-state index contributed by atoms with van der Waals surface area (Å²) >= 11 is 0. The molecular weight excluding hydrogens is 505 g/mol. The van der Waals surface area contributed by atoms with Crippen molar-refractivity contribution in [3.05, 3.63) is 101 Å². The lowest BCUT2D eigenvalue weighted by Gasteiger charge is -2.20. The SMILES string of the molecule is Cc1ccc(-n2nc(C(C)(C)C)cc2CC(=O)N(C)Cc2cc(F)ccc2Oc2ccc3c(cnn3C)c2)cc1. The van der Waals surface area contributed by atoms with Gasteiger partial charge in [0.05, 0.1) is 35.2 Å². The van der Waals surface area contributed by atoms with Crippen LogP contribution in [0.2, 0.25) is 0 Å². The first kappa shape index (κ1) is 27.1. The molecule has 0 unspecified atom stereocenters. The summed E-state index contributed by atoms with van der Waals surface area (Å²) in [4.78, 5) is 15.1. The Labute approximate surface area is 233 Å². The van der Waals surface area contributed by atoms with Gasteiger partial charge in [0.1, 0.15) is 17.3 Å². The molecule has 0 spiro atoms. The van der Waals surface area contributed by atoms with E-state index in [-0.39, 0.29) is 24.3 Å². The van der Waals surface area contributed by atoms with Crippen LogP contribution in [0.1, 0.15) is 43.3 Å². The molecule has 0 aliphatic carbocycles. The number of carbonyl (C=O) groups is 1. The number of hydrogen-bond acceptors (Lipinski definition) is 4. The summed E-state index contributed by atoms with van der Waals surface area (Å²) in [6, 6.07) is 20.1. The summed E-state index contributed by atoms with van der Waals surface area (Å²) in [6.07, 6.45) is 1.92. The first-order chi connectivity index (χ1) is 19.0. The van der Waals surface area contributed by atoms with Crippen molar-refractivity contribution in [2.75, 3.05) is 7.05 Å². The maximum Gasteiger partial charge on any atom is 0.228 e. The molecule has 3 aromatic carbocycles. The van der Waals surface area contributed by atoms with Gasteiger partial charge < -0.3 is 9.64 Å². The number of carbonyl (C=O) groups excluding carboxylic acids is 1. The molecule has 5 aromatic rings. The van der Waals surface area contributed by atoms with E-state index in [1.54, 1.807) is 28.9 Å². The molecule has 206 valence electrons. The first-order valence-corrected chi connectivity index (χ1v) is 13.3. The second-order valence-electron chi connectivity index (χ2n) is 11.3. The molecule has 40 heavy (non-hydrogen) atoms. The molecule has 5 rings (SSSR count). The van der Waals surface area contributed by atoms with Crippen LogP contribution in [0.3, 0.4) is 0 Å². The van der Waals surface area contributed by atoms with E-state index >= 15 is 0 Å². The minimum atomic E-state index is -0.391. The number of likely N-dealkylation sites (N-methyl/N-ethyl adjacent to an activating group) is 1. The summed E-state index contributed by atoms with van der Waals surface area (Å²) < 4.78 is 24.1. The average molecular weight is 540 g/mol. The fourth-order valence-electron chi connectivity index (χ4n) is 4.56. The number of fused-ring (bicyclic) bond motifs is 1. The predicted molar refractivity (Wildman–Crippen MR) is 154 cm³/mol. The topological polar surface area (TPSA) is 65.2 Å². The molecule has 2 aromatic heterocycles.